The number of aromatic nitrogens is 2. The van der Waals surface area contributed by atoms with Crippen LogP contribution >= 0.6 is 0 Å². The van der Waals surface area contributed by atoms with Crippen molar-refractivity contribution < 1.29 is 4.39 Å². The maximum absolute atomic E-state index is 13.0. The van der Waals surface area contributed by atoms with Crippen LogP contribution < -0.4 is 5.32 Å². The van der Waals surface area contributed by atoms with Gasteiger partial charge in [-0.1, -0.05) is 32.9 Å². The summed E-state index contributed by atoms with van der Waals surface area (Å²) in [6, 6.07) is 6.81. The highest BCUT2D eigenvalue weighted by Crippen LogP contribution is 2.32. The molecule has 0 amide bonds. The van der Waals surface area contributed by atoms with Gasteiger partial charge in [-0.2, -0.15) is 0 Å². The van der Waals surface area contributed by atoms with Crippen molar-refractivity contribution in [3.05, 3.63) is 53.9 Å². The van der Waals surface area contributed by atoms with E-state index in [0.29, 0.717) is 6.54 Å². The Bertz CT molecular complexity index is 497. The van der Waals surface area contributed by atoms with Gasteiger partial charge in [-0.25, -0.2) is 9.37 Å². The number of H-pyrrole nitrogens is 1. The fourth-order valence-corrected chi connectivity index (χ4v) is 2.17. The predicted molar refractivity (Wildman–Crippen MR) is 74.0 cm³/mol. The van der Waals surface area contributed by atoms with Crippen LogP contribution in [0.1, 0.15) is 38.2 Å². The second-order valence-corrected chi connectivity index (χ2v) is 5.77. The number of halogens is 1. The maximum atomic E-state index is 13.0. The van der Waals surface area contributed by atoms with Crippen molar-refractivity contribution in [2.45, 2.75) is 33.4 Å². The molecular formula is C15H20FN3. The van der Waals surface area contributed by atoms with Gasteiger partial charge in [-0.05, 0) is 23.1 Å². The summed E-state index contributed by atoms with van der Waals surface area (Å²) in [5, 5.41) is 3.48. The van der Waals surface area contributed by atoms with E-state index in [4.69, 9.17) is 0 Å². The molecule has 1 heterocycles. The predicted octanol–water partition coefficient (Wildman–Crippen LogP) is 3.43. The van der Waals surface area contributed by atoms with Crippen LogP contribution in [0.2, 0.25) is 0 Å². The minimum absolute atomic E-state index is 0.0322. The molecule has 0 aliphatic carbocycles. The van der Waals surface area contributed by atoms with Gasteiger partial charge in [0.1, 0.15) is 11.6 Å². The molecule has 1 atom stereocenters. The Hall–Kier alpha value is -1.68. The van der Waals surface area contributed by atoms with Crippen molar-refractivity contribution in [3.63, 3.8) is 0 Å². The van der Waals surface area contributed by atoms with Crippen molar-refractivity contribution in [3.8, 4) is 0 Å². The van der Waals surface area contributed by atoms with Gasteiger partial charge in [0.15, 0.2) is 0 Å². The molecule has 0 fully saturated rings. The molecule has 0 radical (unpaired) electrons. The van der Waals surface area contributed by atoms with Crippen LogP contribution in [0.4, 0.5) is 4.39 Å². The SMILES string of the molecule is CC(C)(C)C(NCc1ncc[nH]1)c1ccc(F)cc1. The molecule has 0 spiro atoms. The van der Waals surface area contributed by atoms with Crippen LogP contribution in [0.25, 0.3) is 0 Å². The van der Waals surface area contributed by atoms with E-state index < -0.39 is 0 Å². The van der Waals surface area contributed by atoms with Crippen LogP contribution in [0, 0.1) is 11.2 Å². The number of nitrogens with one attached hydrogen (secondary N) is 2. The monoisotopic (exact) mass is 261 g/mol. The summed E-state index contributed by atoms with van der Waals surface area (Å²) in [5.41, 5.74) is 1.12. The van der Waals surface area contributed by atoms with Gasteiger partial charge in [0.2, 0.25) is 0 Å². The lowest BCUT2D eigenvalue weighted by Crippen LogP contribution is -2.32. The van der Waals surface area contributed by atoms with E-state index in [1.54, 1.807) is 12.4 Å². The number of aromatic amines is 1. The third-order valence-corrected chi connectivity index (χ3v) is 3.10. The number of imidazole rings is 1. The number of nitrogens with zero attached hydrogens (tertiary/aromatic N) is 1. The molecule has 0 aliphatic rings. The highest BCUT2D eigenvalue weighted by atomic mass is 19.1. The van der Waals surface area contributed by atoms with Crippen molar-refractivity contribution in [1.29, 1.82) is 0 Å². The molecule has 19 heavy (non-hydrogen) atoms. The summed E-state index contributed by atoms with van der Waals surface area (Å²) < 4.78 is 13.0. The van der Waals surface area contributed by atoms with Gasteiger partial charge in [0, 0.05) is 18.4 Å². The average Bonchev–Trinajstić information content (AvgIpc) is 2.83. The van der Waals surface area contributed by atoms with Gasteiger partial charge in [0.25, 0.3) is 0 Å². The largest absolute Gasteiger partial charge is 0.348 e. The Balaban J connectivity index is 2.14. The molecule has 2 N–H and O–H groups in total. The summed E-state index contributed by atoms with van der Waals surface area (Å²) in [6.07, 6.45) is 3.54. The minimum atomic E-state index is -0.206. The van der Waals surface area contributed by atoms with Crippen molar-refractivity contribution in [1.82, 2.24) is 15.3 Å². The fourth-order valence-electron chi connectivity index (χ4n) is 2.17. The third kappa shape index (κ3) is 3.64. The summed E-state index contributed by atoms with van der Waals surface area (Å²) in [6.45, 7) is 7.15. The highest BCUT2D eigenvalue weighted by molar-refractivity contribution is 5.21. The molecule has 0 saturated carbocycles. The molecule has 4 heteroatoms. The first-order chi connectivity index (χ1) is 8.97. The molecule has 2 aromatic rings. The number of rotatable bonds is 4. The molecule has 0 aliphatic heterocycles. The van der Waals surface area contributed by atoms with Crippen LogP contribution in [0.5, 0.6) is 0 Å². The lowest BCUT2D eigenvalue weighted by Gasteiger charge is -2.32. The van der Waals surface area contributed by atoms with Gasteiger partial charge in [-0.15, -0.1) is 0 Å². The first-order valence-electron chi connectivity index (χ1n) is 6.44. The van der Waals surface area contributed by atoms with Crippen LogP contribution in [-0.2, 0) is 6.54 Å². The van der Waals surface area contributed by atoms with E-state index >= 15 is 0 Å². The van der Waals surface area contributed by atoms with E-state index in [9.17, 15) is 4.39 Å². The Morgan fingerprint density at radius 2 is 1.95 bits per heavy atom. The van der Waals surface area contributed by atoms with Crippen LogP contribution in [-0.4, -0.2) is 9.97 Å². The Kier molecular flexibility index (Phi) is 4.00. The van der Waals surface area contributed by atoms with Crippen molar-refractivity contribution in [2.24, 2.45) is 5.41 Å². The summed E-state index contributed by atoms with van der Waals surface area (Å²) in [4.78, 5) is 7.27. The Morgan fingerprint density at radius 1 is 1.26 bits per heavy atom. The number of hydrogen-bond donors (Lipinski definition) is 2. The topological polar surface area (TPSA) is 40.7 Å². The van der Waals surface area contributed by atoms with Gasteiger partial charge >= 0.3 is 0 Å². The zero-order chi connectivity index (χ0) is 13.9. The smallest absolute Gasteiger partial charge is 0.123 e. The summed E-state index contributed by atoms with van der Waals surface area (Å²) >= 11 is 0. The number of hydrogen-bond acceptors (Lipinski definition) is 2. The average molecular weight is 261 g/mol. The van der Waals surface area contributed by atoms with Gasteiger partial charge in [0.05, 0.1) is 6.54 Å². The second kappa shape index (κ2) is 5.53. The zero-order valence-electron chi connectivity index (χ0n) is 11.6. The molecule has 2 rings (SSSR count). The molecule has 1 aromatic heterocycles. The molecule has 102 valence electrons. The first kappa shape index (κ1) is 13.7. The zero-order valence-corrected chi connectivity index (χ0v) is 11.6. The quantitative estimate of drug-likeness (QED) is 0.885. The molecule has 1 aromatic carbocycles. The Morgan fingerprint density at radius 3 is 2.47 bits per heavy atom. The van der Waals surface area contributed by atoms with E-state index in [0.717, 1.165) is 11.4 Å². The third-order valence-electron chi connectivity index (χ3n) is 3.10. The first-order valence-corrected chi connectivity index (χ1v) is 6.44. The maximum Gasteiger partial charge on any atom is 0.123 e. The van der Waals surface area contributed by atoms with Gasteiger partial charge < -0.3 is 10.3 Å². The molecule has 0 saturated heterocycles. The molecule has 0 bridgehead atoms. The summed E-state index contributed by atoms with van der Waals surface area (Å²) in [5.74, 6) is 0.693. The van der Waals surface area contributed by atoms with Crippen molar-refractivity contribution >= 4 is 0 Å². The normalized spacial score (nSPS) is 13.5. The van der Waals surface area contributed by atoms with E-state index in [1.807, 2.05) is 12.1 Å². The summed E-state index contributed by atoms with van der Waals surface area (Å²) in [7, 11) is 0. The molecule has 3 nitrogen and oxygen atoms in total. The lowest BCUT2D eigenvalue weighted by atomic mass is 9.82. The van der Waals surface area contributed by atoms with E-state index in [1.165, 1.54) is 12.1 Å². The van der Waals surface area contributed by atoms with Crippen LogP contribution in [0.3, 0.4) is 0 Å². The Labute approximate surface area is 113 Å². The standard InChI is InChI=1S/C15H20FN3/c1-15(2,3)14(11-4-6-12(16)7-5-11)19-10-13-17-8-9-18-13/h4-9,14,19H,10H2,1-3H3,(H,17,18). The lowest BCUT2D eigenvalue weighted by molar-refractivity contribution is 0.269. The molecular weight excluding hydrogens is 241 g/mol. The van der Waals surface area contributed by atoms with E-state index in [2.05, 4.69) is 36.1 Å². The van der Waals surface area contributed by atoms with Gasteiger partial charge in [-0.3, -0.25) is 0 Å². The molecule has 1 unspecified atom stereocenters. The van der Waals surface area contributed by atoms with Crippen LogP contribution in [0.15, 0.2) is 36.7 Å². The number of benzene rings is 1. The fraction of sp³-hybridized carbons (Fsp3) is 0.400. The van der Waals surface area contributed by atoms with E-state index in [-0.39, 0.29) is 17.3 Å². The second-order valence-electron chi connectivity index (χ2n) is 5.77. The van der Waals surface area contributed by atoms with Crippen molar-refractivity contribution in [2.75, 3.05) is 0 Å². The highest BCUT2D eigenvalue weighted by Gasteiger charge is 2.25. The minimum Gasteiger partial charge on any atom is -0.348 e.